The van der Waals surface area contributed by atoms with E-state index in [0.29, 0.717) is 6.54 Å². The van der Waals surface area contributed by atoms with Gasteiger partial charge < -0.3 is 10.3 Å². The minimum Gasteiger partial charge on any atom is -0.326 e. The van der Waals surface area contributed by atoms with Crippen molar-refractivity contribution in [3.05, 3.63) is 34.5 Å². The highest BCUT2D eigenvalue weighted by atomic mass is 32.1. The maximum Gasteiger partial charge on any atom is 0.152 e. The largest absolute Gasteiger partial charge is 0.326 e. The Hall–Kier alpha value is -1.72. The van der Waals surface area contributed by atoms with Crippen LogP contribution in [-0.2, 0) is 13.6 Å². The van der Waals surface area contributed by atoms with Crippen LogP contribution < -0.4 is 5.73 Å². The molecule has 2 heterocycles. The number of para-hydroxylation sites is 1. The molecule has 0 bridgehead atoms. The monoisotopic (exact) mass is 272 g/mol. The van der Waals surface area contributed by atoms with Gasteiger partial charge >= 0.3 is 0 Å². The van der Waals surface area contributed by atoms with E-state index in [2.05, 4.69) is 15.6 Å². The van der Waals surface area contributed by atoms with E-state index in [1.165, 1.54) is 0 Å². The third kappa shape index (κ3) is 1.86. The second-order valence-corrected chi connectivity index (χ2v) is 5.83. The topological polar surface area (TPSA) is 56.7 Å². The average Bonchev–Trinajstić information content (AvgIpc) is 2.90. The van der Waals surface area contributed by atoms with Crippen LogP contribution in [0, 0.1) is 13.8 Å². The summed E-state index contributed by atoms with van der Waals surface area (Å²) in [6, 6.07) is 6.14. The van der Waals surface area contributed by atoms with Crippen LogP contribution in [0.4, 0.5) is 0 Å². The second kappa shape index (κ2) is 4.43. The Bertz CT molecular complexity index is 754. The molecule has 0 atom stereocenters. The van der Waals surface area contributed by atoms with Gasteiger partial charge in [0.15, 0.2) is 5.82 Å². The fourth-order valence-corrected chi connectivity index (χ4v) is 3.32. The molecule has 0 aliphatic carbocycles. The maximum atomic E-state index is 5.79. The fraction of sp³-hybridized carbons (Fsp3) is 0.286. The van der Waals surface area contributed by atoms with Gasteiger partial charge in [-0.25, -0.2) is 9.97 Å². The van der Waals surface area contributed by atoms with Gasteiger partial charge in [0.1, 0.15) is 0 Å². The standard InChI is InChI=1S/C14H16N4S/c1-8-13(19-9(2)16-8)14-17-12-10(7-15)5-4-6-11(12)18(14)3/h4-6H,7,15H2,1-3H3. The first-order chi connectivity index (χ1) is 9.11. The Labute approximate surface area is 115 Å². The molecule has 0 saturated carbocycles. The van der Waals surface area contributed by atoms with Gasteiger partial charge in [-0.15, -0.1) is 11.3 Å². The first-order valence-electron chi connectivity index (χ1n) is 6.20. The molecule has 3 rings (SSSR count). The summed E-state index contributed by atoms with van der Waals surface area (Å²) >= 11 is 1.68. The molecule has 0 radical (unpaired) electrons. The van der Waals surface area contributed by atoms with E-state index >= 15 is 0 Å². The van der Waals surface area contributed by atoms with Crippen molar-refractivity contribution in [3.8, 4) is 10.7 Å². The van der Waals surface area contributed by atoms with Gasteiger partial charge in [-0.2, -0.15) is 0 Å². The zero-order valence-electron chi connectivity index (χ0n) is 11.3. The zero-order valence-corrected chi connectivity index (χ0v) is 12.1. The van der Waals surface area contributed by atoms with Crippen LogP contribution in [0.3, 0.4) is 0 Å². The molecule has 98 valence electrons. The maximum absolute atomic E-state index is 5.79. The van der Waals surface area contributed by atoms with Gasteiger partial charge in [0.05, 0.1) is 26.6 Å². The smallest absolute Gasteiger partial charge is 0.152 e. The van der Waals surface area contributed by atoms with Crippen molar-refractivity contribution < 1.29 is 0 Å². The summed E-state index contributed by atoms with van der Waals surface area (Å²) < 4.78 is 2.12. The van der Waals surface area contributed by atoms with E-state index in [4.69, 9.17) is 10.7 Å². The van der Waals surface area contributed by atoms with Gasteiger partial charge in [0.25, 0.3) is 0 Å². The molecule has 4 nitrogen and oxygen atoms in total. The van der Waals surface area contributed by atoms with Gasteiger partial charge in [0, 0.05) is 13.6 Å². The van der Waals surface area contributed by atoms with Crippen LogP contribution in [0.15, 0.2) is 18.2 Å². The SMILES string of the molecule is Cc1nc(C)c(-c2nc3c(CN)cccc3n2C)s1. The number of imidazole rings is 1. The van der Waals surface area contributed by atoms with Crippen molar-refractivity contribution in [1.29, 1.82) is 0 Å². The molecule has 0 saturated heterocycles. The third-order valence-electron chi connectivity index (χ3n) is 3.32. The molecule has 0 aliphatic heterocycles. The van der Waals surface area contributed by atoms with E-state index in [-0.39, 0.29) is 0 Å². The van der Waals surface area contributed by atoms with Crippen molar-refractivity contribution in [2.45, 2.75) is 20.4 Å². The molecule has 0 aliphatic rings. The first kappa shape index (κ1) is 12.3. The molecule has 2 aromatic heterocycles. The molecule has 0 amide bonds. The summed E-state index contributed by atoms with van der Waals surface area (Å²) in [5.74, 6) is 0.971. The number of aryl methyl sites for hydroxylation is 3. The Morgan fingerprint density at radius 3 is 2.68 bits per heavy atom. The van der Waals surface area contributed by atoms with Crippen molar-refractivity contribution in [1.82, 2.24) is 14.5 Å². The normalized spacial score (nSPS) is 11.4. The number of nitrogens with two attached hydrogens (primary N) is 1. The van der Waals surface area contributed by atoms with Crippen LogP contribution in [0.5, 0.6) is 0 Å². The first-order valence-corrected chi connectivity index (χ1v) is 7.02. The number of aromatic nitrogens is 3. The van der Waals surface area contributed by atoms with E-state index in [0.717, 1.165) is 38.0 Å². The number of rotatable bonds is 2. The van der Waals surface area contributed by atoms with E-state index < -0.39 is 0 Å². The van der Waals surface area contributed by atoms with Crippen LogP contribution in [0.25, 0.3) is 21.7 Å². The minimum atomic E-state index is 0.508. The van der Waals surface area contributed by atoms with Crippen molar-refractivity contribution in [3.63, 3.8) is 0 Å². The molecule has 19 heavy (non-hydrogen) atoms. The highest BCUT2D eigenvalue weighted by molar-refractivity contribution is 7.15. The summed E-state index contributed by atoms with van der Waals surface area (Å²) in [5, 5.41) is 1.07. The number of benzene rings is 1. The lowest BCUT2D eigenvalue weighted by atomic mass is 10.2. The van der Waals surface area contributed by atoms with Crippen molar-refractivity contribution >= 4 is 22.4 Å². The lowest BCUT2D eigenvalue weighted by Gasteiger charge is -2.00. The van der Waals surface area contributed by atoms with Crippen LogP contribution in [0.2, 0.25) is 0 Å². The Morgan fingerprint density at radius 1 is 1.26 bits per heavy atom. The quantitative estimate of drug-likeness (QED) is 0.780. The van der Waals surface area contributed by atoms with E-state index in [1.54, 1.807) is 11.3 Å². The van der Waals surface area contributed by atoms with Crippen molar-refractivity contribution in [2.75, 3.05) is 0 Å². The molecule has 1 aromatic carbocycles. The molecular formula is C14H16N4S. The molecule has 0 unspecified atom stereocenters. The van der Waals surface area contributed by atoms with Gasteiger partial charge in [0.2, 0.25) is 0 Å². The molecule has 5 heteroatoms. The number of nitrogens with zero attached hydrogens (tertiary/aromatic N) is 3. The van der Waals surface area contributed by atoms with Gasteiger partial charge in [-0.05, 0) is 25.5 Å². The molecule has 0 spiro atoms. The van der Waals surface area contributed by atoms with Crippen molar-refractivity contribution in [2.24, 2.45) is 12.8 Å². The lowest BCUT2D eigenvalue weighted by Crippen LogP contribution is -1.97. The Morgan fingerprint density at radius 2 is 2.05 bits per heavy atom. The number of fused-ring (bicyclic) bond motifs is 1. The summed E-state index contributed by atoms with van der Waals surface area (Å²) in [7, 11) is 2.04. The van der Waals surface area contributed by atoms with Crippen LogP contribution in [-0.4, -0.2) is 14.5 Å². The summed E-state index contributed by atoms with van der Waals surface area (Å²) in [6.07, 6.45) is 0. The highest BCUT2D eigenvalue weighted by Gasteiger charge is 2.16. The highest BCUT2D eigenvalue weighted by Crippen LogP contribution is 2.31. The number of hydrogen-bond acceptors (Lipinski definition) is 4. The summed E-state index contributed by atoms with van der Waals surface area (Å²) in [6.45, 7) is 4.56. The lowest BCUT2D eigenvalue weighted by molar-refractivity contribution is 0.959. The summed E-state index contributed by atoms with van der Waals surface area (Å²) in [4.78, 5) is 10.4. The average molecular weight is 272 g/mol. The van der Waals surface area contributed by atoms with Gasteiger partial charge in [-0.1, -0.05) is 12.1 Å². The zero-order chi connectivity index (χ0) is 13.6. The predicted molar refractivity (Wildman–Crippen MR) is 79.2 cm³/mol. The van der Waals surface area contributed by atoms with Crippen LogP contribution >= 0.6 is 11.3 Å². The third-order valence-corrected chi connectivity index (χ3v) is 4.39. The van der Waals surface area contributed by atoms with E-state index in [1.807, 2.05) is 33.0 Å². The molecule has 2 N–H and O–H groups in total. The fourth-order valence-electron chi connectivity index (χ4n) is 2.38. The molecule has 0 fully saturated rings. The summed E-state index contributed by atoms with van der Waals surface area (Å²) in [5.41, 5.74) is 10.0. The molecule has 3 aromatic rings. The number of thiazole rings is 1. The van der Waals surface area contributed by atoms with Crippen LogP contribution in [0.1, 0.15) is 16.3 Å². The Balaban J connectivity index is 2.31. The van der Waals surface area contributed by atoms with E-state index in [9.17, 15) is 0 Å². The predicted octanol–water partition coefficient (Wildman–Crippen LogP) is 2.77. The van der Waals surface area contributed by atoms with Gasteiger partial charge in [-0.3, -0.25) is 0 Å². The minimum absolute atomic E-state index is 0.508. The second-order valence-electron chi connectivity index (χ2n) is 4.63. The number of hydrogen-bond donors (Lipinski definition) is 1. The Kier molecular flexibility index (Phi) is 2.88. The molecular weight excluding hydrogens is 256 g/mol.